The molecule has 0 atom stereocenters. The average Bonchev–Trinajstić information content (AvgIpc) is 3.30. The molecule has 2 fully saturated rings. The summed E-state index contributed by atoms with van der Waals surface area (Å²) in [5.41, 5.74) is 3.45. The number of rotatable bonds is 4. The van der Waals surface area contributed by atoms with Gasteiger partial charge in [0.2, 0.25) is 5.91 Å². The number of halogens is 1. The number of furan rings is 1. The average molecular weight is 417 g/mol. The molecule has 1 saturated heterocycles. The van der Waals surface area contributed by atoms with Gasteiger partial charge in [-0.3, -0.25) is 9.69 Å². The van der Waals surface area contributed by atoms with Gasteiger partial charge in [-0.2, -0.15) is 11.3 Å². The highest BCUT2D eigenvalue weighted by molar-refractivity contribution is 7.08. The van der Waals surface area contributed by atoms with Crippen LogP contribution in [0.3, 0.4) is 0 Å². The maximum Gasteiger partial charge on any atom is 0.225 e. The van der Waals surface area contributed by atoms with Gasteiger partial charge in [0.15, 0.2) is 0 Å². The minimum atomic E-state index is 0. The Kier molecular flexibility index (Phi) is 5.76. The first-order valence-corrected chi connectivity index (χ1v) is 10.8. The molecule has 0 N–H and O–H groups in total. The topological polar surface area (TPSA) is 36.7 Å². The van der Waals surface area contributed by atoms with Crippen molar-refractivity contribution in [3.8, 4) is 11.1 Å². The Morgan fingerprint density at radius 1 is 1.07 bits per heavy atom. The van der Waals surface area contributed by atoms with Gasteiger partial charge in [-0.15, -0.1) is 12.4 Å². The molecule has 148 valence electrons. The third-order valence-corrected chi connectivity index (χ3v) is 6.31. The summed E-state index contributed by atoms with van der Waals surface area (Å²) in [5.74, 6) is 1.71. The Hall–Kier alpha value is -1.82. The van der Waals surface area contributed by atoms with E-state index in [9.17, 15) is 4.79 Å². The smallest absolute Gasteiger partial charge is 0.225 e. The van der Waals surface area contributed by atoms with Crippen molar-refractivity contribution in [1.82, 2.24) is 9.80 Å². The number of carbonyl (C=O) groups excluding carboxylic acids is 1. The van der Waals surface area contributed by atoms with Gasteiger partial charge in [-0.25, -0.2) is 0 Å². The number of nitrogens with zero attached hydrogens (tertiary/aromatic N) is 2. The number of thiophene rings is 1. The summed E-state index contributed by atoms with van der Waals surface area (Å²) in [6.45, 7) is 4.50. The molecule has 1 amide bonds. The van der Waals surface area contributed by atoms with Crippen LogP contribution in [0, 0.1) is 5.92 Å². The van der Waals surface area contributed by atoms with E-state index in [4.69, 9.17) is 4.42 Å². The SMILES string of the molecule is Cl.O=C(C1CC1)N1CCCN(Cc2cc3cc(-c4ccsc4)ccc3o2)CC1. The number of amides is 1. The van der Waals surface area contributed by atoms with E-state index < -0.39 is 0 Å². The van der Waals surface area contributed by atoms with Crippen LogP contribution in [0.15, 0.2) is 45.5 Å². The van der Waals surface area contributed by atoms with E-state index in [1.807, 2.05) is 0 Å². The molecule has 1 aromatic carbocycles. The van der Waals surface area contributed by atoms with E-state index in [0.717, 1.165) is 68.7 Å². The monoisotopic (exact) mass is 416 g/mol. The molecule has 3 heterocycles. The molecule has 5 rings (SSSR count). The molecular formula is C22H25ClN2O2S. The first-order chi connectivity index (χ1) is 13.3. The normalized spacial score (nSPS) is 18.1. The fraction of sp³-hybridized carbons (Fsp3) is 0.409. The van der Waals surface area contributed by atoms with Crippen LogP contribution in [0.1, 0.15) is 25.0 Å². The lowest BCUT2D eigenvalue weighted by Crippen LogP contribution is -2.35. The Bertz CT molecular complexity index is 949. The summed E-state index contributed by atoms with van der Waals surface area (Å²) < 4.78 is 6.09. The van der Waals surface area contributed by atoms with Crippen LogP contribution in [0.2, 0.25) is 0 Å². The summed E-state index contributed by atoms with van der Waals surface area (Å²) >= 11 is 1.72. The highest BCUT2D eigenvalue weighted by Crippen LogP contribution is 2.31. The van der Waals surface area contributed by atoms with Crippen molar-refractivity contribution in [2.45, 2.75) is 25.8 Å². The van der Waals surface area contributed by atoms with Gasteiger partial charge in [-0.1, -0.05) is 6.07 Å². The van der Waals surface area contributed by atoms with E-state index in [1.165, 1.54) is 11.1 Å². The van der Waals surface area contributed by atoms with Crippen LogP contribution in [0.4, 0.5) is 0 Å². The summed E-state index contributed by atoms with van der Waals surface area (Å²) in [7, 11) is 0. The van der Waals surface area contributed by atoms with E-state index in [2.05, 4.69) is 50.9 Å². The third kappa shape index (κ3) is 4.12. The lowest BCUT2D eigenvalue weighted by molar-refractivity contribution is -0.132. The van der Waals surface area contributed by atoms with Crippen molar-refractivity contribution in [2.75, 3.05) is 26.2 Å². The predicted molar refractivity (Wildman–Crippen MR) is 116 cm³/mol. The van der Waals surface area contributed by atoms with Gasteiger partial charge in [0.1, 0.15) is 11.3 Å². The lowest BCUT2D eigenvalue weighted by atomic mass is 10.1. The van der Waals surface area contributed by atoms with Crippen LogP contribution < -0.4 is 0 Å². The molecular weight excluding hydrogens is 392 g/mol. The maximum atomic E-state index is 12.3. The number of carbonyl (C=O) groups is 1. The molecule has 6 heteroatoms. The fourth-order valence-electron chi connectivity index (χ4n) is 3.94. The molecule has 1 aliphatic carbocycles. The molecule has 1 saturated carbocycles. The molecule has 2 aromatic heterocycles. The zero-order chi connectivity index (χ0) is 18.2. The van der Waals surface area contributed by atoms with Crippen molar-refractivity contribution in [3.05, 3.63) is 46.9 Å². The molecule has 0 bridgehead atoms. The zero-order valence-corrected chi connectivity index (χ0v) is 17.4. The highest BCUT2D eigenvalue weighted by Gasteiger charge is 2.33. The Morgan fingerprint density at radius 2 is 1.96 bits per heavy atom. The van der Waals surface area contributed by atoms with E-state index in [0.29, 0.717) is 11.8 Å². The predicted octanol–water partition coefficient (Wildman–Crippen LogP) is 5.03. The fourth-order valence-corrected chi connectivity index (χ4v) is 4.61. The Labute approximate surface area is 175 Å². The first-order valence-electron chi connectivity index (χ1n) is 9.82. The molecule has 28 heavy (non-hydrogen) atoms. The highest BCUT2D eigenvalue weighted by atomic mass is 35.5. The third-order valence-electron chi connectivity index (χ3n) is 5.63. The van der Waals surface area contributed by atoms with E-state index in [1.54, 1.807) is 11.3 Å². The Morgan fingerprint density at radius 3 is 2.75 bits per heavy atom. The Balaban J connectivity index is 0.00000192. The van der Waals surface area contributed by atoms with Crippen molar-refractivity contribution in [3.63, 3.8) is 0 Å². The van der Waals surface area contributed by atoms with Crippen molar-refractivity contribution < 1.29 is 9.21 Å². The molecule has 4 nitrogen and oxygen atoms in total. The lowest BCUT2D eigenvalue weighted by Gasteiger charge is -2.21. The summed E-state index contributed by atoms with van der Waals surface area (Å²) in [4.78, 5) is 16.8. The summed E-state index contributed by atoms with van der Waals surface area (Å²) in [5, 5.41) is 5.44. The van der Waals surface area contributed by atoms with Crippen molar-refractivity contribution in [1.29, 1.82) is 0 Å². The first kappa shape index (κ1) is 19.5. The number of hydrogen-bond donors (Lipinski definition) is 0. The van der Waals surface area contributed by atoms with Gasteiger partial charge in [-0.05, 0) is 65.4 Å². The molecule has 3 aromatic rings. The molecule has 0 unspecified atom stereocenters. The number of benzene rings is 1. The van der Waals surface area contributed by atoms with Crippen LogP contribution in [0.25, 0.3) is 22.1 Å². The van der Waals surface area contributed by atoms with Crippen molar-refractivity contribution >= 4 is 40.6 Å². The quantitative estimate of drug-likeness (QED) is 0.598. The van der Waals surface area contributed by atoms with Crippen LogP contribution in [-0.4, -0.2) is 41.9 Å². The van der Waals surface area contributed by atoms with Gasteiger partial charge in [0, 0.05) is 37.5 Å². The second kappa shape index (κ2) is 8.27. The zero-order valence-electron chi connectivity index (χ0n) is 15.8. The van der Waals surface area contributed by atoms with Crippen molar-refractivity contribution in [2.24, 2.45) is 5.92 Å². The second-order valence-corrected chi connectivity index (χ2v) is 8.49. The minimum absolute atomic E-state index is 0. The van der Waals surface area contributed by atoms with Gasteiger partial charge >= 0.3 is 0 Å². The largest absolute Gasteiger partial charge is 0.460 e. The molecule has 2 aliphatic rings. The van der Waals surface area contributed by atoms with Crippen LogP contribution in [-0.2, 0) is 11.3 Å². The van der Waals surface area contributed by atoms with E-state index >= 15 is 0 Å². The van der Waals surface area contributed by atoms with Gasteiger partial charge in [0.25, 0.3) is 0 Å². The summed E-state index contributed by atoms with van der Waals surface area (Å²) in [6, 6.07) is 10.7. The minimum Gasteiger partial charge on any atom is -0.460 e. The number of hydrogen-bond acceptors (Lipinski definition) is 4. The van der Waals surface area contributed by atoms with Crippen LogP contribution >= 0.6 is 23.7 Å². The van der Waals surface area contributed by atoms with E-state index in [-0.39, 0.29) is 12.4 Å². The molecule has 0 radical (unpaired) electrons. The van der Waals surface area contributed by atoms with Gasteiger partial charge < -0.3 is 9.32 Å². The summed E-state index contributed by atoms with van der Waals surface area (Å²) in [6.07, 6.45) is 3.22. The number of fused-ring (bicyclic) bond motifs is 1. The maximum absolute atomic E-state index is 12.3. The molecule has 0 spiro atoms. The van der Waals surface area contributed by atoms with Gasteiger partial charge in [0.05, 0.1) is 6.54 Å². The van der Waals surface area contributed by atoms with Crippen LogP contribution in [0.5, 0.6) is 0 Å². The molecule has 1 aliphatic heterocycles. The second-order valence-electron chi connectivity index (χ2n) is 7.71. The standard InChI is InChI=1S/C22H24N2O2S.ClH/c25-22(16-2-3-16)24-8-1-7-23(9-10-24)14-20-13-19-12-17(4-5-21(19)26-20)18-6-11-27-15-18;/h4-6,11-13,15-16H,1-3,7-10,14H2;1H.